The van der Waals surface area contributed by atoms with E-state index in [-0.39, 0.29) is 0 Å². The maximum Gasteiger partial charge on any atom is 0.137 e. The summed E-state index contributed by atoms with van der Waals surface area (Å²) in [6, 6.07) is 4.17. The molecule has 0 aliphatic heterocycles. The van der Waals surface area contributed by atoms with Crippen LogP contribution in [0.3, 0.4) is 0 Å². The molecule has 2 aromatic rings. The van der Waals surface area contributed by atoms with Gasteiger partial charge in [-0.25, -0.2) is 4.98 Å². The third kappa shape index (κ3) is 3.80. The van der Waals surface area contributed by atoms with Crippen LogP contribution in [-0.4, -0.2) is 34.5 Å². The number of rotatable bonds is 8. The fourth-order valence-electron chi connectivity index (χ4n) is 2.59. The SMILES string of the molecule is CCN(CC)CCCCCc1c[nH]c2ncccc12. The molecule has 0 unspecified atom stereocenters. The predicted molar refractivity (Wildman–Crippen MR) is 81.4 cm³/mol. The van der Waals surface area contributed by atoms with E-state index in [2.05, 4.69) is 41.0 Å². The minimum Gasteiger partial charge on any atom is -0.346 e. The van der Waals surface area contributed by atoms with E-state index in [1.807, 2.05) is 12.3 Å². The molecule has 0 aliphatic carbocycles. The lowest BCUT2D eigenvalue weighted by Crippen LogP contribution is -2.23. The molecule has 0 saturated carbocycles. The number of hydrogen-bond donors (Lipinski definition) is 1. The minimum atomic E-state index is 1.01. The van der Waals surface area contributed by atoms with E-state index in [1.54, 1.807) is 0 Å². The molecule has 3 nitrogen and oxygen atoms in total. The number of nitrogens with zero attached hydrogens (tertiary/aromatic N) is 2. The van der Waals surface area contributed by atoms with E-state index in [9.17, 15) is 0 Å². The Morgan fingerprint density at radius 2 is 2.00 bits per heavy atom. The summed E-state index contributed by atoms with van der Waals surface area (Å²) in [7, 11) is 0. The second-order valence-corrected chi connectivity index (χ2v) is 5.05. The maximum absolute atomic E-state index is 4.33. The highest BCUT2D eigenvalue weighted by Gasteiger charge is 2.03. The van der Waals surface area contributed by atoms with Crippen molar-refractivity contribution in [1.82, 2.24) is 14.9 Å². The highest BCUT2D eigenvalue weighted by molar-refractivity contribution is 5.79. The van der Waals surface area contributed by atoms with Crippen molar-refractivity contribution >= 4 is 11.0 Å². The smallest absolute Gasteiger partial charge is 0.137 e. The van der Waals surface area contributed by atoms with Crippen LogP contribution in [0.5, 0.6) is 0 Å². The van der Waals surface area contributed by atoms with Crippen molar-refractivity contribution in [1.29, 1.82) is 0 Å². The summed E-state index contributed by atoms with van der Waals surface area (Å²) < 4.78 is 0. The zero-order valence-corrected chi connectivity index (χ0v) is 12.2. The van der Waals surface area contributed by atoms with Crippen LogP contribution in [0.15, 0.2) is 24.5 Å². The van der Waals surface area contributed by atoms with Crippen molar-refractivity contribution in [3.05, 3.63) is 30.1 Å². The Balaban J connectivity index is 1.74. The van der Waals surface area contributed by atoms with Gasteiger partial charge in [0.1, 0.15) is 5.65 Å². The Kier molecular flexibility index (Phi) is 5.40. The zero-order valence-electron chi connectivity index (χ0n) is 12.2. The molecule has 0 fully saturated rings. The molecule has 0 spiro atoms. The van der Waals surface area contributed by atoms with Crippen molar-refractivity contribution < 1.29 is 0 Å². The molecule has 0 bridgehead atoms. The lowest BCUT2D eigenvalue weighted by molar-refractivity contribution is 0.296. The Morgan fingerprint density at radius 3 is 2.79 bits per heavy atom. The summed E-state index contributed by atoms with van der Waals surface area (Å²) in [5, 5.41) is 1.28. The summed E-state index contributed by atoms with van der Waals surface area (Å²) in [5.74, 6) is 0. The number of fused-ring (bicyclic) bond motifs is 1. The van der Waals surface area contributed by atoms with Gasteiger partial charge in [0.2, 0.25) is 0 Å². The quantitative estimate of drug-likeness (QED) is 0.734. The van der Waals surface area contributed by atoms with E-state index >= 15 is 0 Å². The Bertz CT molecular complexity index is 485. The maximum atomic E-state index is 4.33. The van der Waals surface area contributed by atoms with Crippen LogP contribution in [0.1, 0.15) is 38.7 Å². The van der Waals surface area contributed by atoms with E-state index < -0.39 is 0 Å². The van der Waals surface area contributed by atoms with Gasteiger partial charge in [-0.1, -0.05) is 20.3 Å². The van der Waals surface area contributed by atoms with Crippen LogP contribution in [0, 0.1) is 0 Å². The fourth-order valence-corrected chi connectivity index (χ4v) is 2.59. The topological polar surface area (TPSA) is 31.9 Å². The van der Waals surface area contributed by atoms with Crippen LogP contribution >= 0.6 is 0 Å². The van der Waals surface area contributed by atoms with Crippen LogP contribution in [0.2, 0.25) is 0 Å². The molecule has 2 heterocycles. The van der Waals surface area contributed by atoms with Gasteiger partial charge < -0.3 is 9.88 Å². The molecule has 3 heteroatoms. The largest absolute Gasteiger partial charge is 0.346 e. The number of aromatic amines is 1. The van der Waals surface area contributed by atoms with Crippen molar-refractivity contribution in [2.24, 2.45) is 0 Å². The standard InChI is InChI=1S/C16H25N3/c1-3-19(4-2)12-7-5-6-9-14-13-18-16-15(14)10-8-11-17-16/h8,10-11,13H,3-7,9,12H2,1-2H3,(H,17,18). The first kappa shape index (κ1) is 14.1. The first-order chi connectivity index (χ1) is 9.35. The molecule has 2 rings (SSSR count). The highest BCUT2D eigenvalue weighted by atomic mass is 15.1. The molecule has 0 aliphatic rings. The van der Waals surface area contributed by atoms with Gasteiger partial charge in [-0.05, 0) is 56.6 Å². The first-order valence-corrected chi connectivity index (χ1v) is 7.48. The number of unbranched alkanes of at least 4 members (excludes halogenated alkanes) is 2. The van der Waals surface area contributed by atoms with Gasteiger partial charge in [0.05, 0.1) is 0 Å². The Labute approximate surface area is 116 Å². The number of H-pyrrole nitrogens is 1. The highest BCUT2D eigenvalue weighted by Crippen LogP contribution is 2.18. The minimum absolute atomic E-state index is 1.01. The summed E-state index contributed by atoms with van der Waals surface area (Å²) >= 11 is 0. The average molecular weight is 259 g/mol. The summed E-state index contributed by atoms with van der Waals surface area (Å²) in [6.45, 7) is 8.06. The van der Waals surface area contributed by atoms with Gasteiger partial charge in [-0.3, -0.25) is 0 Å². The van der Waals surface area contributed by atoms with Crippen LogP contribution in [0.4, 0.5) is 0 Å². The summed E-state index contributed by atoms with van der Waals surface area (Å²) in [6.07, 6.45) is 8.99. The monoisotopic (exact) mass is 259 g/mol. The second kappa shape index (κ2) is 7.29. The van der Waals surface area contributed by atoms with E-state index in [4.69, 9.17) is 0 Å². The molecular formula is C16H25N3. The number of hydrogen-bond acceptors (Lipinski definition) is 2. The van der Waals surface area contributed by atoms with Gasteiger partial charge >= 0.3 is 0 Å². The predicted octanol–water partition coefficient (Wildman–Crippen LogP) is 3.62. The van der Waals surface area contributed by atoms with E-state index in [0.717, 1.165) is 12.1 Å². The summed E-state index contributed by atoms with van der Waals surface area (Å²) in [5.41, 5.74) is 2.42. The summed E-state index contributed by atoms with van der Waals surface area (Å²) in [4.78, 5) is 10.1. The number of nitrogens with one attached hydrogen (secondary N) is 1. The number of aromatic nitrogens is 2. The van der Waals surface area contributed by atoms with Crippen molar-refractivity contribution in [3.8, 4) is 0 Å². The van der Waals surface area contributed by atoms with Crippen LogP contribution in [0.25, 0.3) is 11.0 Å². The second-order valence-electron chi connectivity index (χ2n) is 5.05. The molecule has 1 N–H and O–H groups in total. The molecule has 0 amide bonds. The Hall–Kier alpha value is -1.35. The molecule has 0 atom stereocenters. The lowest BCUT2D eigenvalue weighted by atomic mass is 10.1. The van der Waals surface area contributed by atoms with Gasteiger partial charge in [0, 0.05) is 17.8 Å². The average Bonchev–Trinajstić information content (AvgIpc) is 2.86. The number of pyridine rings is 1. The van der Waals surface area contributed by atoms with Crippen molar-refractivity contribution in [2.45, 2.75) is 39.5 Å². The van der Waals surface area contributed by atoms with Gasteiger partial charge in [0.15, 0.2) is 0 Å². The van der Waals surface area contributed by atoms with Crippen LogP contribution in [-0.2, 0) is 6.42 Å². The third-order valence-corrected chi connectivity index (χ3v) is 3.85. The molecule has 0 aromatic carbocycles. The Morgan fingerprint density at radius 1 is 1.16 bits per heavy atom. The molecule has 104 valence electrons. The van der Waals surface area contributed by atoms with E-state index in [1.165, 1.54) is 49.8 Å². The molecule has 0 radical (unpaired) electrons. The van der Waals surface area contributed by atoms with Gasteiger partial charge in [-0.15, -0.1) is 0 Å². The molecule has 0 saturated heterocycles. The zero-order chi connectivity index (χ0) is 13.5. The van der Waals surface area contributed by atoms with Crippen molar-refractivity contribution in [3.63, 3.8) is 0 Å². The van der Waals surface area contributed by atoms with Crippen molar-refractivity contribution in [2.75, 3.05) is 19.6 Å². The first-order valence-electron chi connectivity index (χ1n) is 7.48. The molecule has 19 heavy (non-hydrogen) atoms. The normalized spacial score (nSPS) is 11.5. The third-order valence-electron chi connectivity index (χ3n) is 3.85. The van der Waals surface area contributed by atoms with Gasteiger partial charge in [-0.2, -0.15) is 0 Å². The van der Waals surface area contributed by atoms with Gasteiger partial charge in [0.25, 0.3) is 0 Å². The fraction of sp³-hybridized carbons (Fsp3) is 0.562. The number of aryl methyl sites for hydroxylation is 1. The lowest BCUT2D eigenvalue weighted by Gasteiger charge is -2.17. The van der Waals surface area contributed by atoms with Crippen LogP contribution < -0.4 is 0 Å². The molecule has 2 aromatic heterocycles. The van der Waals surface area contributed by atoms with E-state index in [0.29, 0.717) is 0 Å². The molecular weight excluding hydrogens is 234 g/mol.